The highest BCUT2D eigenvalue weighted by atomic mass is 16.4. The molecule has 0 spiro atoms. The first-order valence-corrected chi connectivity index (χ1v) is 2.14. The van der Waals surface area contributed by atoms with Crippen molar-refractivity contribution in [3.8, 4) is 0 Å². The first-order chi connectivity index (χ1) is 3.80. The Hall–Kier alpha value is -1.25. The summed E-state index contributed by atoms with van der Waals surface area (Å²) in [5, 5.41) is 0. The van der Waals surface area contributed by atoms with Crippen molar-refractivity contribution in [2.24, 2.45) is 0 Å². The van der Waals surface area contributed by atoms with Gasteiger partial charge in [-0.1, -0.05) is 0 Å². The van der Waals surface area contributed by atoms with Crippen molar-refractivity contribution in [2.45, 2.75) is 0 Å². The van der Waals surface area contributed by atoms with Crippen LogP contribution in [0, 0.1) is 0 Å². The summed E-state index contributed by atoms with van der Waals surface area (Å²) in [5.41, 5.74) is 4.78. The predicted molar refractivity (Wildman–Crippen MR) is 29.4 cm³/mol. The molecule has 1 aromatic rings. The molecule has 3 nitrogen and oxygen atoms in total. The van der Waals surface area contributed by atoms with E-state index in [1.54, 1.807) is 6.07 Å². The lowest BCUT2D eigenvalue weighted by Gasteiger charge is -1.82. The van der Waals surface area contributed by atoms with Gasteiger partial charge in [-0.2, -0.15) is 0 Å². The van der Waals surface area contributed by atoms with Crippen LogP contribution in [0.3, 0.4) is 0 Å². The van der Waals surface area contributed by atoms with Crippen LogP contribution in [0.15, 0.2) is 27.6 Å². The lowest BCUT2D eigenvalue weighted by atomic mass is 10.5. The van der Waals surface area contributed by atoms with E-state index in [0.29, 0.717) is 0 Å². The zero-order valence-electron chi connectivity index (χ0n) is 4.13. The topological polar surface area (TPSA) is 56.2 Å². The fourth-order valence-electron chi connectivity index (χ4n) is 0.380. The fourth-order valence-corrected chi connectivity index (χ4v) is 0.380. The molecule has 1 aromatic heterocycles. The van der Waals surface area contributed by atoms with Gasteiger partial charge in [0.1, 0.15) is 5.69 Å². The number of nitrogens with two attached hydrogens (primary N) is 1. The first-order valence-electron chi connectivity index (χ1n) is 2.14. The predicted octanol–water partition coefficient (Wildman–Crippen LogP) is 0.222. The second-order valence-corrected chi connectivity index (χ2v) is 1.36. The van der Waals surface area contributed by atoms with Gasteiger partial charge in [0.2, 0.25) is 0 Å². The van der Waals surface area contributed by atoms with Gasteiger partial charge >= 0.3 is 5.63 Å². The van der Waals surface area contributed by atoms with E-state index in [4.69, 9.17) is 5.73 Å². The first kappa shape index (κ1) is 4.90. The maximum atomic E-state index is 10.3. The minimum atomic E-state index is -0.479. The lowest BCUT2D eigenvalue weighted by molar-refractivity contribution is 0.514. The highest BCUT2D eigenvalue weighted by Gasteiger charge is 1.87. The van der Waals surface area contributed by atoms with E-state index in [1.165, 1.54) is 12.3 Å². The van der Waals surface area contributed by atoms with Gasteiger partial charge in [0.25, 0.3) is 0 Å². The van der Waals surface area contributed by atoms with Gasteiger partial charge in [-0.05, 0) is 12.1 Å². The van der Waals surface area contributed by atoms with Crippen LogP contribution < -0.4 is 11.4 Å². The third kappa shape index (κ3) is 0.703. The Balaban J connectivity index is 3.35. The Morgan fingerprint density at radius 2 is 2.38 bits per heavy atom. The molecule has 0 fully saturated rings. The molecule has 0 radical (unpaired) electrons. The van der Waals surface area contributed by atoms with Crippen LogP contribution in [0.4, 0.5) is 5.69 Å². The van der Waals surface area contributed by atoms with Crippen molar-refractivity contribution in [1.82, 2.24) is 0 Å². The largest absolute Gasteiger partial charge is 0.430 e. The monoisotopic (exact) mass is 111 g/mol. The molecule has 1 rings (SSSR count). The minimum absolute atomic E-state index is 0.146. The third-order valence-corrected chi connectivity index (χ3v) is 0.765. The second-order valence-electron chi connectivity index (χ2n) is 1.36. The van der Waals surface area contributed by atoms with E-state index in [1.807, 2.05) is 0 Å². The summed E-state index contributed by atoms with van der Waals surface area (Å²) in [6.07, 6.45) is 1.29. The third-order valence-electron chi connectivity index (χ3n) is 0.765. The zero-order valence-corrected chi connectivity index (χ0v) is 4.13. The standard InChI is InChI=1S/C5H5NO2/c6-4-2-1-3-8-5(4)7/h1-3H,6H2. The van der Waals surface area contributed by atoms with Crippen LogP contribution in [-0.2, 0) is 0 Å². The van der Waals surface area contributed by atoms with Crippen molar-refractivity contribution in [3.63, 3.8) is 0 Å². The maximum absolute atomic E-state index is 10.3. The van der Waals surface area contributed by atoms with Gasteiger partial charge in [0.15, 0.2) is 0 Å². The number of hydrogen-bond acceptors (Lipinski definition) is 3. The number of anilines is 1. The van der Waals surface area contributed by atoms with E-state index in [2.05, 4.69) is 4.42 Å². The SMILES string of the molecule is Nc1cccoc1=O. The molecule has 0 amide bonds. The summed E-state index contributed by atoms with van der Waals surface area (Å²) in [6, 6.07) is 3.06. The molecule has 8 heavy (non-hydrogen) atoms. The van der Waals surface area contributed by atoms with Crippen molar-refractivity contribution >= 4 is 5.69 Å². The molecule has 0 aliphatic rings. The molecule has 0 saturated carbocycles. The fraction of sp³-hybridized carbons (Fsp3) is 0. The van der Waals surface area contributed by atoms with E-state index < -0.39 is 5.63 Å². The van der Waals surface area contributed by atoms with Crippen LogP contribution in [0.25, 0.3) is 0 Å². The number of hydrogen-bond donors (Lipinski definition) is 1. The summed E-state index contributed by atoms with van der Waals surface area (Å²) in [6.45, 7) is 0. The Kier molecular flexibility index (Phi) is 1.04. The van der Waals surface area contributed by atoms with Crippen molar-refractivity contribution < 1.29 is 4.42 Å². The van der Waals surface area contributed by atoms with E-state index in [0.717, 1.165) is 0 Å². The summed E-state index contributed by atoms with van der Waals surface area (Å²) in [7, 11) is 0. The average Bonchev–Trinajstić information content (AvgIpc) is 1.77. The van der Waals surface area contributed by atoms with Gasteiger partial charge in [0, 0.05) is 0 Å². The Labute approximate surface area is 45.7 Å². The van der Waals surface area contributed by atoms with Crippen molar-refractivity contribution in [1.29, 1.82) is 0 Å². The molecule has 0 aromatic carbocycles. The molecule has 0 aliphatic heterocycles. The summed E-state index contributed by atoms with van der Waals surface area (Å²) >= 11 is 0. The second kappa shape index (κ2) is 1.69. The highest BCUT2D eigenvalue weighted by Crippen LogP contribution is 1.87. The van der Waals surface area contributed by atoms with Gasteiger partial charge in [0.05, 0.1) is 6.26 Å². The summed E-state index contributed by atoms with van der Waals surface area (Å²) in [4.78, 5) is 10.3. The summed E-state index contributed by atoms with van der Waals surface area (Å²) < 4.78 is 4.38. The molecule has 0 bridgehead atoms. The molecule has 0 unspecified atom stereocenters. The van der Waals surface area contributed by atoms with Crippen LogP contribution in [0.1, 0.15) is 0 Å². The van der Waals surface area contributed by atoms with Crippen LogP contribution >= 0.6 is 0 Å². The summed E-state index contributed by atoms with van der Waals surface area (Å²) in [5.74, 6) is 0. The smallest absolute Gasteiger partial charge is 0.358 e. The highest BCUT2D eigenvalue weighted by molar-refractivity contribution is 5.31. The van der Waals surface area contributed by atoms with Gasteiger partial charge in [-0.25, -0.2) is 4.79 Å². The lowest BCUT2D eigenvalue weighted by Crippen LogP contribution is -2.03. The van der Waals surface area contributed by atoms with Crippen molar-refractivity contribution in [3.05, 3.63) is 28.8 Å². The van der Waals surface area contributed by atoms with Gasteiger partial charge in [-0.3, -0.25) is 0 Å². The van der Waals surface area contributed by atoms with Crippen LogP contribution in [-0.4, -0.2) is 0 Å². The van der Waals surface area contributed by atoms with E-state index in [-0.39, 0.29) is 5.69 Å². The van der Waals surface area contributed by atoms with Crippen LogP contribution in [0.5, 0.6) is 0 Å². The Bertz CT molecular complexity index is 228. The molecular weight excluding hydrogens is 106 g/mol. The number of nitrogen functional groups attached to an aromatic ring is 1. The Morgan fingerprint density at radius 3 is 2.75 bits per heavy atom. The molecular formula is C5H5NO2. The van der Waals surface area contributed by atoms with Gasteiger partial charge in [-0.15, -0.1) is 0 Å². The quantitative estimate of drug-likeness (QED) is 0.521. The molecule has 2 N–H and O–H groups in total. The normalized spacial score (nSPS) is 9.00. The molecule has 0 atom stereocenters. The minimum Gasteiger partial charge on any atom is -0.430 e. The number of rotatable bonds is 0. The molecule has 42 valence electrons. The average molecular weight is 111 g/mol. The van der Waals surface area contributed by atoms with E-state index >= 15 is 0 Å². The van der Waals surface area contributed by atoms with Crippen LogP contribution in [0.2, 0.25) is 0 Å². The van der Waals surface area contributed by atoms with Crippen molar-refractivity contribution in [2.75, 3.05) is 5.73 Å². The molecule has 0 saturated heterocycles. The van der Waals surface area contributed by atoms with Gasteiger partial charge < -0.3 is 10.2 Å². The maximum Gasteiger partial charge on any atom is 0.358 e. The Morgan fingerprint density at radius 1 is 1.62 bits per heavy atom. The molecule has 3 heteroatoms. The van der Waals surface area contributed by atoms with E-state index in [9.17, 15) is 4.79 Å². The molecule has 1 heterocycles. The molecule has 0 aliphatic carbocycles. The zero-order chi connectivity index (χ0) is 5.98.